The average Bonchev–Trinajstić information content (AvgIpc) is 2.96. The van der Waals surface area contributed by atoms with Crippen LogP contribution in [0.4, 0.5) is 0 Å². The molecule has 0 aromatic carbocycles. The third-order valence-corrected chi connectivity index (χ3v) is 4.74. The Morgan fingerprint density at radius 3 is 2.00 bits per heavy atom. The van der Waals surface area contributed by atoms with Gasteiger partial charge in [0.1, 0.15) is 0 Å². The summed E-state index contributed by atoms with van der Waals surface area (Å²) < 4.78 is 12.1. The van der Waals surface area contributed by atoms with Gasteiger partial charge in [-0.3, -0.25) is 0 Å². The molecule has 2 aliphatic carbocycles. The largest absolute Gasteiger partial charge is 0.461 e. The molecule has 0 unspecified atom stereocenters. The van der Waals surface area contributed by atoms with E-state index in [4.69, 9.17) is 9.31 Å². The molecule has 1 heterocycles. The lowest BCUT2D eigenvalue weighted by Gasteiger charge is -2.32. The van der Waals surface area contributed by atoms with Crippen molar-refractivity contribution in [3.8, 4) is 0 Å². The van der Waals surface area contributed by atoms with E-state index < -0.39 is 0 Å². The van der Waals surface area contributed by atoms with Crippen LogP contribution in [0.3, 0.4) is 0 Å². The van der Waals surface area contributed by atoms with E-state index in [0.29, 0.717) is 5.82 Å². The number of rotatable bonds is 2. The molecule has 0 spiro atoms. The van der Waals surface area contributed by atoms with E-state index in [1.54, 1.807) is 0 Å². The summed E-state index contributed by atoms with van der Waals surface area (Å²) in [5.74, 6) is 2.62. The second-order valence-electron chi connectivity index (χ2n) is 6.53. The van der Waals surface area contributed by atoms with Crippen LogP contribution in [0, 0.1) is 11.8 Å². The van der Waals surface area contributed by atoms with E-state index in [9.17, 15) is 0 Å². The summed E-state index contributed by atoms with van der Waals surface area (Å²) in [6, 6.07) is 0. The molecule has 2 nitrogen and oxygen atoms in total. The highest BCUT2D eigenvalue weighted by atomic mass is 16.7. The maximum absolute atomic E-state index is 6.07. The van der Waals surface area contributed by atoms with Gasteiger partial charge in [-0.05, 0) is 64.6 Å². The fourth-order valence-corrected chi connectivity index (χ4v) is 2.68. The Morgan fingerprint density at radius 1 is 1.00 bits per heavy atom. The first-order valence-electron chi connectivity index (χ1n) is 6.26. The maximum atomic E-state index is 6.07. The van der Waals surface area contributed by atoms with Crippen molar-refractivity contribution in [3.05, 3.63) is 0 Å². The minimum atomic E-state index is -0.144. The van der Waals surface area contributed by atoms with Crippen LogP contribution in [-0.2, 0) is 9.31 Å². The van der Waals surface area contributed by atoms with Crippen molar-refractivity contribution < 1.29 is 9.31 Å². The van der Waals surface area contributed by atoms with E-state index in [0.717, 1.165) is 11.8 Å². The molecular weight excluding hydrogens is 187 g/mol. The number of hydrogen-bond donors (Lipinski definition) is 0. The molecule has 2 saturated carbocycles. The van der Waals surface area contributed by atoms with Crippen LogP contribution >= 0.6 is 0 Å². The second kappa shape index (κ2) is 2.81. The van der Waals surface area contributed by atoms with Gasteiger partial charge in [-0.25, -0.2) is 0 Å². The Morgan fingerprint density at radius 2 is 1.53 bits per heavy atom. The van der Waals surface area contributed by atoms with Gasteiger partial charge in [0.25, 0.3) is 0 Å². The minimum Gasteiger partial charge on any atom is -0.403 e. The van der Waals surface area contributed by atoms with Gasteiger partial charge < -0.3 is 9.31 Å². The first-order chi connectivity index (χ1) is 6.91. The van der Waals surface area contributed by atoms with Crippen molar-refractivity contribution in [2.45, 2.75) is 64.0 Å². The first-order valence-corrected chi connectivity index (χ1v) is 6.26. The lowest BCUT2D eigenvalue weighted by molar-refractivity contribution is 0.00578. The zero-order valence-corrected chi connectivity index (χ0v) is 10.2. The molecule has 15 heavy (non-hydrogen) atoms. The van der Waals surface area contributed by atoms with Crippen molar-refractivity contribution in [1.29, 1.82) is 0 Å². The molecule has 3 heteroatoms. The predicted molar refractivity (Wildman–Crippen MR) is 60.7 cm³/mol. The van der Waals surface area contributed by atoms with Crippen molar-refractivity contribution in [2.24, 2.45) is 11.8 Å². The van der Waals surface area contributed by atoms with E-state index in [-0.39, 0.29) is 18.3 Å². The lowest BCUT2D eigenvalue weighted by atomic mass is 9.80. The van der Waals surface area contributed by atoms with Crippen LogP contribution < -0.4 is 0 Å². The van der Waals surface area contributed by atoms with Crippen molar-refractivity contribution >= 4 is 7.12 Å². The van der Waals surface area contributed by atoms with Gasteiger partial charge in [0, 0.05) is 0 Å². The summed E-state index contributed by atoms with van der Waals surface area (Å²) >= 11 is 0. The molecule has 3 fully saturated rings. The fourth-order valence-electron chi connectivity index (χ4n) is 2.68. The Kier molecular flexibility index (Phi) is 1.90. The molecule has 3 rings (SSSR count). The van der Waals surface area contributed by atoms with E-state index in [1.807, 2.05) is 0 Å². The Bertz CT molecular complexity index is 267. The molecule has 2 atom stereocenters. The topological polar surface area (TPSA) is 18.5 Å². The van der Waals surface area contributed by atoms with Crippen LogP contribution in [0.2, 0.25) is 5.82 Å². The lowest BCUT2D eigenvalue weighted by Crippen LogP contribution is -2.41. The van der Waals surface area contributed by atoms with Gasteiger partial charge in [-0.2, -0.15) is 0 Å². The molecule has 84 valence electrons. The summed E-state index contributed by atoms with van der Waals surface area (Å²) in [5.41, 5.74) is -0.289. The molecule has 1 saturated heterocycles. The quantitative estimate of drug-likeness (QED) is 0.649. The molecule has 0 aromatic rings. The zero-order valence-electron chi connectivity index (χ0n) is 10.2. The predicted octanol–water partition coefficient (Wildman–Crippen LogP) is 2.88. The summed E-state index contributed by atoms with van der Waals surface area (Å²) in [6.07, 6.45) is 4.23. The van der Waals surface area contributed by atoms with Crippen LogP contribution in [0.1, 0.15) is 47.0 Å². The SMILES string of the molecule is CC1(C)OB([C@H]2C[C@H]2C2CC2)OC1(C)C. The van der Waals surface area contributed by atoms with Gasteiger partial charge in [0.05, 0.1) is 11.2 Å². The molecular formula is C12H21BO2. The van der Waals surface area contributed by atoms with Crippen LogP contribution in [0.15, 0.2) is 0 Å². The van der Waals surface area contributed by atoms with Gasteiger partial charge in [-0.15, -0.1) is 0 Å². The Balaban J connectivity index is 1.66. The third kappa shape index (κ3) is 1.55. The molecule has 1 aliphatic heterocycles. The molecule has 0 bridgehead atoms. The highest BCUT2D eigenvalue weighted by Gasteiger charge is 2.61. The van der Waals surface area contributed by atoms with E-state index in [2.05, 4.69) is 27.7 Å². The summed E-state index contributed by atoms with van der Waals surface area (Å²) in [6.45, 7) is 8.56. The first kappa shape index (κ1) is 10.2. The molecule has 0 N–H and O–H groups in total. The Hall–Kier alpha value is -0.0151. The maximum Gasteiger partial charge on any atom is 0.461 e. The molecule has 0 amide bonds. The number of hydrogen-bond acceptors (Lipinski definition) is 2. The molecule has 0 aromatic heterocycles. The zero-order chi connectivity index (χ0) is 10.8. The fraction of sp³-hybridized carbons (Fsp3) is 1.00. The van der Waals surface area contributed by atoms with Crippen molar-refractivity contribution in [3.63, 3.8) is 0 Å². The van der Waals surface area contributed by atoms with Gasteiger partial charge in [0.2, 0.25) is 0 Å². The van der Waals surface area contributed by atoms with Crippen molar-refractivity contribution in [1.82, 2.24) is 0 Å². The highest BCUT2D eigenvalue weighted by molar-refractivity contribution is 6.48. The monoisotopic (exact) mass is 208 g/mol. The minimum absolute atomic E-state index is 0.0700. The highest BCUT2D eigenvalue weighted by Crippen LogP contribution is 2.61. The molecule has 3 aliphatic rings. The van der Waals surface area contributed by atoms with Crippen LogP contribution in [0.5, 0.6) is 0 Å². The van der Waals surface area contributed by atoms with Gasteiger partial charge in [0.15, 0.2) is 0 Å². The van der Waals surface area contributed by atoms with Gasteiger partial charge >= 0.3 is 7.12 Å². The second-order valence-corrected chi connectivity index (χ2v) is 6.53. The van der Waals surface area contributed by atoms with Crippen LogP contribution in [0.25, 0.3) is 0 Å². The van der Waals surface area contributed by atoms with Gasteiger partial charge in [-0.1, -0.05) is 0 Å². The summed E-state index contributed by atoms with van der Waals surface area (Å²) in [5, 5.41) is 0. The summed E-state index contributed by atoms with van der Waals surface area (Å²) in [7, 11) is 0.0700. The Labute approximate surface area is 92.9 Å². The standard InChI is InChI=1S/C12H21BO2/c1-11(2)12(3,4)15-13(14-11)10-7-9(10)8-5-6-8/h8-10H,5-7H2,1-4H3/t9-,10-/m0/s1. The van der Waals surface area contributed by atoms with Crippen LogP contribution in [-0.4, -0.2) is 18.3 Å². The molecule has 0 radical (unpaired) electrons. The van der Waals surface area contributed by atoms with E-state index >= 15 is 0 Å². The third-order valence-electron chi connectivity index (χ3n) is 4.74. The van der Waals surface area contributed by atoms with E-state index in [1.165, 1.54) is 19.3 Å². The average molecular weight is 208 g/mol. The summed E-state index contributed by atoms with van der Waals surface area (Å²) in [4.78, 5) is 0. The van der Waals surface area contributed by atoms with Crippen molar-refractivity contribution in [2.75, 3.05) is 0 Å². The normalized spacial score (nSPS) is 42.0. The smallest absolute Gasteiger partial charge is 0.403 e.